The van der Waals surface area contributed by atoms with E-state index in [-0.39, 0.29) is 0 Å². The molecule has 1 aliphatic rings. The maximum Gasteiger partial charge on any atom is 0.0478 e. The van der Waals surface area contributed by atoms with Crippen molar-refractivity contribution < 1.29 is 0 Å². The van der Waals surface area contributed by atoms with E-state index in [2.05, 4.69) is 59.1 Å². The van der Waals surface area contributed by atoms with E-state index in [1.807, 2.05) is 0 Å². The molecule has 2 rings (SSSR count). The van der Waals surface area contributed by atoms with Gasteiger partial charge in [0.15, 0.2) is 0 Å². The van der Waals surface area contributed by atoms with Crippen molar-refractivity contribution in [3.05, 3.63) is 27.8 Å². The molecule has 1 aromatic rings. The van der Waals surface area contributed by atoms with Gasteiger partial charge in [-0.2, -0.15) is 0 Å². The summed E-state index contributed by atoms with van der Waals surface area (Å²) in [6, 6.07) is 9.20. The zero-order chi connectivity index (χ0) is 9.97. The number of halogens is 1. The Bertz CT molecular complexity index is 307. The van der Waals surface area contributed by atoms with Crippen LogP contribution in [0.4, 0.5) is 5.69 Å². The van der Waals surface area contributed by atoms with E-state index in [1.165, 1.54) is 28.5 Å². The van der Waals surface area contributed by atoms with E-state index in [9.17, 15) is 0 Å². The van der Waals surface area contributed by atoms with Crippen LogP contribution in [0, 0.1) is 9.49 Å². The molecule has 0 aliphatic heterocycles. The molecule has 0 heterocycles. The predicted octanol–water partition coefficient (Wildman–Crippen LogP) is 3.89. The first kappa shape index (κ1) is 10.3. The first-order valence-corrected chi connectivity index (χ1v) is 6.40. The summed E-state index contributed by atoms with van der Waals surface area (Å²) in [5, 5.41) is 3.65. The lowest BCUT2D eigenvalue weighted by Crippen LogP contribution is -2.21. The molecule has 1 nitrogen and oxygen atoms in total. The maximum absolute atomic E-state index is 3.65. The fraction of sp³-hybridized carbons (Fsp3) is 0.500. The van der Waals surface area contributed by atoms with Crippen molar-refractivity contribution >= 4 is 28.3 Å². The summed E-state index contributed by atoms with van der Waals surface area (Å²) in [7, 11) is 0. The van der Waals surface area contributed by atoms with Crippen molar-refractivity contribution in [1.29, 1.82) is 0 Å². The Kier molecular flexibility index (Phi) is 3.31. The van der Waals surface area contributed by atoms with Gasteiger partial charge in [0, 0.05) is 15.3 Å². The van der Waals surface area contributed by atoms with Gasteiger partial charge >= 0.3 is 0 Å². The summed E-state index contributed by atoms with van der Waals surface area (Å²) in [5.74, 6) is 0.927. The Morgan fingerprint density at radius 1 is 1.43 bits per heavy atom. The normalized spacial score (nSPS) is 17.9. The van der Waals surface area contributed by atoms with Crippen molar-refractivity contribution in [2.24, 2.45) is 5.92 Å². The summed E-state index contributed by atoms with van der Waals surface area (Å²) in [4.78, 5) is 0. The SMILES string of the molecule is CCC(Nc1ccccc1I)C1CC1. The molecular weight excluding hydrogens is 285 g/mol. The number of hydrogen-bond acceptors (Lipinski definition) is 1. The minimum absolute atomic E-state index is 0.686. The Morgan fingerprint density at radius 2 is 2.14 bits per heavy atom. The van der Waals surface area contributed by atoms with Gasteiger partial charge < -0.3 is 5.32 Å². The molecule has 0 aromatic heterocycles. The van der Waals surface area contributed by atoms with Gasteiger partial charge in [-0.15, -0.1) is 0 Å². The lowest BCUT2D eigenvalue weighted by atomic mass is 10.1. The van der Waals surface area contributed by atoms with Crippen LogP contribution < -0.4 is 5.32 Å². The third-order valence-corrected chi connectivity index (χ3v) is 3.79. The summed E-state index contributed by atoms with van der Waals surface area (Å²) < 4.78 is 1.32. The third-order valence-electron chi connectivity index (χ3n) is 2.85. The molecule has 0 spiro atoms. The Morgan fingerprint density at radius 3 is 2.71 bits per heavy atom. The average Bonchev–Trinajstić information content (AvgIpc) is 3.00. The lowest BCUT2D eigenvalue weighted by Gasteiger charge is -2.18. The van der Waals surface area contributed by atoms with E-state index >= 15 is 0 Å². The van der Waals surface area contributed by atoms with Crippen LogP contribution in [0.3, 0.4) is 0 Å². The minimum Gasteiger partial charge on any atom is -0.381 e. The van der Waals surface area contributed by atoms with Crippen LogP contribution in [-0.4, -0.2) is 6.04 Å². The molecule has 0 radical (unpaired) electrons. The fourth-order valence-corrected chi connectivity index (χ4v) is 2.37. The highest BCUT2D eigenvalue weighted by molar-refractivity contribution is 14.1. The smallest absolute Gasteiger partial charge is 0.0478 e. The molecule has 1 unspecified atom stereocenters. The van der Waals surface area contributed by atoms with Crippen molar-refractivity contribution in [3.8, 4) is 0 Å². The highest BCUT2D eigenvalue weighted by atomic mass is 127. The van der Waals surface area contributed by atoms with E-state index in [0.717, 1.165) is 5.92 Å². The molecule has 14 heavy (non-hydrogen) atoms. The van der Waals surface area contributed by atoms with Gasteiger partial charge in [0.25, 0.3) is 0 Å². The molecule has 1 saturated carbocycles. The summed E-state index contributed by atoms with van der Waals surface area (Å²) in [6.07, 6.45) is 4.06. The molecule has 0 amide bonds. The standard InChI is InChI=1S/C12H16IN/c1-2-11(9-7-8-9)14-12-6-4-3-5-10(12)13/h3-6,9,11,14H,2,7-8H2,1H3. The van der Waals surface area contributed by atoms with Crippen LogP contribution in [0.1, 0.15) is 26.2 Å². The van der Waals surface area contributed by atoms with Gasteiger partial charge in [0.2, 0.25) is 0 Å². The van der Waals surface area contributed by atoms with Gasteiger partial charge in [0.05, 0.1) is 0 Å². The van der Waals surface area contributed by atoms with Gasteiger partial charge in [0.1, 0.15) is 0 Å². The monoisotopic (exact) mass is 301 g/mol. The molecule has 1 aromatic carbocycles. The maximum atomic E-state index is 3.65. The van der Waals surface area contributed by atoms with Crippen LogP contribution in [-0.2, 0) is 0 Å². The molecule has 76 valence electrons. The second-order valence-electron chi connectivity index (χ2n) is 3.98. The Balaban J connectivity index is 2.04. The molecule has 2 heteroatoms. The van der Waals surface area contributed by atoms with Gasteiger partial charge in [-0.25, -0.2) is 0 Å². The number of hydrogen-bond donors (Lipinski definition) is 1. The fourth-order valence-electron chi connectivity index (χ4n) is 1.83. The van der Waals surface area contributed by atoms with Crippen molar-refractivity contribution in [3.63, 3.8) is 0 Å². The molecule has 1 fully saturated rings. The van der Waals surface area contributed by atoms with Crippen LogP contribution in [0.25, 0.3) is 0 Å². The molecule has 1 aliphatic carbocycles. The van der Waals surface area contributed by atoms with Crippen molar-refractivity contribution in [1.82, 2.24) is 0 Å². The highest BCUT2D eigenvalue weighted by Crippen LogP contribution is 2.36. The third kappa shape index (κ3) is 2.41. The zero-order valence-electron chi connectivity index (χ0n) is 8.46. The minimum atomic E-state index is 0.686. The molecular formula is C12H16IN. The topological polar surface area (TPSA) is 12.0 Å². The van der Waals surface area contributed by atoms with E-state index in [0.29, 0.717) is 6.04 Å². The van der Waals surface area contributed by atoms with Crippen molar-refractivity contribution in [2.45, 2.75) is 32.2 Å². The molecule has 1 N–H and O–H groups in total. The number of anilines is 1. The second kappa shape index (κ2) is 4.51. The Hall–Kier alpha value is -0.250. The van der Waals surface area contributed by atoms with Crippen LogP contribution in [0.5, 0.6) is 0 Å². The quantitative estimate of drug-likeness (QED) is 0.832. The number of benzene rings is 1. The molecule has 0 bridgehead atoms. The number of nitrogens with one attached hydrogen (secondary N) is 1. The van der Waals surface area contributed by atoms with Gasteiger partial charge in [-0.05, 0) is 59.9 Å². The zero-order valence-corrected chi connectivity index (χ0v) is 10.6. The first-order chi connectivity index (χ1) is 6.81. The highest BCUT2D eigenvalue weighted by Gasteiger charge is 2.29. The summed E-state index contributed by atoms with van der Waals surface area (Å²) in [5.41, 5.74) is 1.30. The van der Waals surface area contributed by atoms with E-state index in [1.54, 1.807) is 0 Å². The largest absolute Gasteiger partial charge is 0.381 e. The van der Waals surface area contributed by atoms with Crippen LogP contribution in [0.2, 0.25) is 0 Å². The molecule has 0 saturated heterocycles. The van der Waals surface area contributed by atoms with Crippen LogP contribution >= 0.6 is 22.6 Å². The first-order valence-electron chi connectivity index (χ1n) is 5.32. The predicted molar refractivity (Wildman–Crippen MR) is 69.6 cm³/mol. The lowest BCUT2D eigenvalue weighted by molar-refractivity contribution is 0.616. The molecule has 1 atom stereocenters. The number of rotatable bonds is 4. The van der Waals surface area contributed by atoms with Crippen molar-refractivity contribution in [2.75, 3.05) is 5.32 Å². The van der Waals surface area contributed by atoms with E-state index < -0.39 is 0 Å². The van der Waals surface area contributed by atoms with Gasteiger partial charge in [-0.3, -0.25) is 0 Å². The number of para-hydroxylation sites is 1. The summed E-state index contributed by atoms with van der Waals surface area (Å²) in [6.45, 7) is 2.27. The average molecular weight is 301 g/mol. The Labute approximate surface area is 99.4 Å². The van der Waals surface area contributed by atoms with Crippen LogP contribution in [0.15, 0.2) is 24.3 Å². The second-order valence-corrected chi connectivity index (χ2v) is 5.14. The van der Waals surface area contributed by atoms with Gasteiger partial charge in [-0.1, -0.05) is 19.1 Å². The van der Waals surface area contributed by atoms with E-state index in [4.69, 9.17) is 0 Å². The summed E-state index contributed by atoms with van der Waals surface area (Å²) >= 11 is 2.39.